The molecule has 2 heterocycles. The molecule has 3 rings (SSSR count). The maximum absolute atomic E-state index is 13.1. The Bertz CT molecular complexity index is 934. The van der Waals surface area contributed by atoms with Crippen molar-refractivity contribution in [2.75, 3.05) is 13.1 Å². The molecule has 0 aliphatic rings. The lowest BCUT2D eigenvalue weighted by Crippen LogP contribution is -2.33. The molecule has 0 saturated heterocycles. The minimum atomic E-state index is -1.000. The third kappa shape index (κ3) is 4.40. The van der Waals surface area contributed by atoms with Crippen LogP contribution in [0.5, 0.6) is 0 Å². The van der Waals surface area contributed by atoms with Gasteiger partial charge in [-0.05, 0) is 50.3 Å². The van der Waals surface area contributed by atoms with E-state index in [1.807, 2.05) is 31.2 Å². The van der Waals surface area contributed by atoms with Gasteiger partial charge in [0.15, 0.2) is 6.33 Å². The number of hydrogen-bond donors (Lipinski definition) is 1. The molecule has 1 amide bonds. The standard InChI is InChI=1S/C20H24N6O2/c1-4-25(13-12-15-8-7-11-18(23-15)20(2,3)28)19(27)16-9-5-6-10-17(16)26-22-14-21-24-26/h5-11,14,28H,4,12-13H2,1-3H3. The third-order valence-electron chi connectivity index (χ3n) is 4.44. The van der Waals surface area contributed by atoms with E-state index in [4.69, 9.17) is 0 Å². The van der Waals surface area contributed by atoms with Gasteiger partial charge < -0.3 is 10.0 Å². The number of tetrazole rings is 1. The van der Waals surface area contributed by atoms with Crippen LogP contribution in [-0.4, -0.2) is 54.2 Å². The number of carbonyl (C=O) groups excluding carboxylic acids is 1. The number of benzene rings is 1. The molecular formula is C20H24N6O2. The molecule has 146 valence electrons. The van der Waals surface area contributed by atoms with Crippen LogP contribution in [-0.2, 0) is 12.0 Å². The van der Waals surface area contributed by atoms with Gasteiger partial charge in [-0.2, -0.15) is 0 Å². The number of likely N-dealkylation sites (N-methyl/N-ethyl adjacent to an activating group) is 1. The van der Waals surface area contributed by atoms with Crippen molar-refractivity contribution in [3.63, 3.8) is 0 Å². The monoisotopic (exact) mass is 380 g/mol. The van der Waals surface area contributed by atoms with Crippen LogP contribution in [0.4, 0.5) is 0 Å². The molecule has 0 unspecified atom stereocenters. The maximum Gasteiger partial charge on any atom is 0.256 e. The van der Waals surface area contributed by atoms with Crippen LogP contribution in [0, 0.1) is 0 Å². The predicted molar refractivity (Wildman–Crippen MR) is 104 cm³/mol. The zero-order chi connectivity index (χ0) is 20.1. The summed E-state index contributed by atoms with van der Waals surface area (Å²) < 4.78 is 0. The Morgan fingerprint density at radius 2 is 1.96 bits per heavy atom. The average Bonchev–Trinajstić information content (AvgIpc) is 3.22. The highest BCUT2D eigenvalue weighted by Gasteiger charge is 2.20. The fourth-order valence-electron chi connectivity index (χ4n) is 2.89. The first-order valence-electron chi connectivity index (χ1n) is 9.20. The molecule has 0 radical (unpaired) electrons. The fraction of sp³-hybridized carbons (Fsp3) is 0.350. The second kappa shape index (κ2) is 8.26. The van der Waals surface area contributed by atoms with Crippen LogP contribution < -0.4 is 0 Å². The summed E-state index contributed by atoms with van der Waals surface area (Å²) in [5.41, 5.74) is 1.55. The lowest BCUT2D eigenvalue weighted by Gasteiger charge is -2.22. The van der Waals surface area contributed by atoms with E-state index >= 15 is 0 Å². The van der Waals surface area contributed by atoms with Gasteiger partial charge in [0.1, 0.15) is 11.3 Å². The summed E-state index contributed by atoms with van der Waals surface area (Å²) in [6.45, 7) is 6.42. The molecule has 28 heavy (non-hydrogen) atoms. The molecule has 0 aliphatic heterocycles. The average molecular weight is 380 g/mol. The predicted octanol–water partition coefficient (Wildman–Crippen LogP) is 1.99. The summed E-state index contributed by atoms with van der Waals surface area (Å²) in [6, 6.07) is 12.8. The first kappa shape index (κ1) is 19.6. The highest BCUT2D eigenvalue weighted by Crippen LogP contribution is 2.18. The van der Waals surface area contributed by atoms with Gasteiger partial charge in [0.05, 0.1) is 11.3 Å². The maximum atomic E-state index is 13.1. The van der Waals surface area contributed by atoms with E-state index in [9.17, 15) is 9.90 Å². The topological polar surface area (TPSA) is 97.0 Å². The molecule has 1 aromatic carbocycles. The Balaban J connectivity index is 1.77. The lowest BCUT2D eigenvalue weighted by molar-refractivity contribution is 0.0728. The number of aliphatic hydroxyl groups is 1. The van der Waals surface area contributed by atoms with Crippen LogP contribution in [0.3, 0.4) is 0 Å². The molecule has 0 spiro atoms. The van der Waals surface area contributed by atoms with Crippen molar-refractivity contribution < 1.29 is 9.90 Å². The summed E-state index contributed by atoms with van der Waals surface area (Å²) >= 11 is 0. The largest absolute Gasteiger partial charge is 0.384 e. The third-order valence-corrected chi connectivity index (χ3v) is 4.44. The van der Waals surface area contributed by atoms with Crippen molar-refractivity contribution in [1.29, 1.82) is 0 Å². The number of nitrogens with zero attached hydrogens (tertiary/aromatic N) is 6. The second-order valence-electron chi connectivity index (χ2n) is 6.95. The molecule has 0 bridgehead atoms. The first-order valence-corrected chi connectivity index (χ1v) is 9.20. The minimum absolute atomic E-state index is 0.103. The van der Waals surface area contributed by atoms with E-state index in [0.717, 1.165) is 5.69 Å². The van der Waals surface area contributed by atoms with Gasteiger partial charge in [0.25, 0.3) is 5.91 Å². The molecule has 0 atom stereocenters. The number of pyridine rings is 1. The summed E-state index contributed by atoms with van der Waals surface area (Å²) in [4.78, 5) is 20.7. The summed E-state index contributed by atoms with van der Waals surface area (Å²) in [5.74, 6) is -0.103. The normalized spacial score (nSPS) is 11.4. The van der Waals surface area contributed by atoms with E-state index in [-0.39, 0.29) is 5.91 Å². The van der Waals surface area contributed by atoms with Gasteiger partial charge in [-0.1, -0.05) is 18.2 Å². The second-order valence-corrected chi connectivity index (χ2v) is 6.95. The van der Waals surface area contributed by atoms with Gasteiger partial charge >= 0.3 is 0 Å². The Morgan fingerprint density at radius 3 is 2.64 bits per heavy atom. The molecule has 1 N–H and O–H groups in total. The number of aromatic nitrogens is 5. The van der Waals surface area contributed by atoms with Crippen molar-refractivity contribution in [2.45, 2.75) is 32.8 Å². The minimum Gasteiger partial charge on any atom is -0.384 e. The summed E-state index contributed by atoms with van der Waals surface area (Å²) in [6.07, 6.45) is 1.92. The Hall–Kier alpha value is -3.13. The number of carbonyl (C=O) groups is 1. The van der Waals surface area contributed by atoms with Crippen LogP contribution in [0.2, 0.25) is 0 Å². The van der Waals surface area contributed by atoms with Crippen molar-refractivity contribution >= 4 is 5.91 Å². The highest BCUT2D eigenvalue weighted by atomic mass is 16.3. The zero-order valence-electron chi connectivity index (χ0n) is 16.3. The van der Waals surface area contributed by atoms with Gasteiger partial charge in [0.2, 0.25) is 0 Å². The van der Waals surface area contributed by atoms with E-state index in [0.29, 0.717) is 36.5 Å². The van der Waals surface area contributed by atoms with Crippen LogP contribution >= 0.6 is 0 Å². The van der Waals surface area contributed by atoms with E-state index in [2.05, 4.69) is 20.4 Å². The number of hydrogen-bond acceptors (Lipinski definition) is 6. The van der Waals surface area contributed by atoms with Crippen LogP contribution in [0.15, 0.2) is 48.8 Å². The first-order chi connectivity index (χ1) is 13.4. The Kier molecular flexibility index (Phi) is 5.79. The van der Waals surface area contributed by atoms with Gasteiger partial charge in [0, 0.05) is 25.2 Å². The fourth-order valence-corrected chi connectivity index (χ4v) is 2.89. The van der Waals surface area contributed by atoms with Gasteiger partial charge in [-0.3, -0.25) is 9.78 Å². The quantitative estimate of drug-likeness (QED) is 0.673. The van der Waals surface area contributed by atoms with Crippen molar-refractivity contribution in [3.05, 3.63) is 65.7 Å². The molecule has 0 saturated carbocycles. The molecule has 3 aromatic rings. The number of para-hydroxylation sites is 1. The molecule has 2 aromatic heterocycles. The van der Waals surface area contributed by atoms with E-state index in [1.54, 1.807) is 36.9 Å². The van der Waals surface area contributed by atoms with E-state index < -0.39 is 5.60 Å². The number of rotatable bonds is 7. The van der Waals surface area contributed by atoms with Gasteiger partial charge in [-0.15, -0.1) is 15.0 Å². The summed E-state index contributed by atoms with van der Waals surface area (Å²) in [7, 11) is 0. The zero-order valence-corrected chi connectivity index (χ0v) is 16.3. The highest BCUT2D eigenvalue weighted by molar-refractivity contribution is 5.97. The SMILES string of the molecule is CCN(CCc1cccc(C(C)(C)O)n1)C(=O)c1ccccc1-n1ncnn1. The molecule has 8 nitrogen and oxygen atoms in total. The molecule has 8 heteroatoms. The lowest BCUT2D eigenvalue weighted by atomic mass is 10.0. The molecule has 0 aliphatic carbocycles. The van der Waals surface area contributed by atoms with Crippen molar-refractivity contribution in [1.82, 2.24) is 30.1 Å². The Morgan fingerprint density at radius 1 is 1.18 bits per heavy atom. The number of amides is 1. The molecular weight excluding hydrogens is 356 g/mol. The van der Waals surface area contributed by atoms with Gasteiger partial charge in [-0.25, -0.2) is 0 Å². The molecule has 0 fully saturated rings. The van der Waals surface area contributed by atoms with Crippen molar-refractivity contribution in [2.24, 2.45) is 0 Å². The van der Waals surface area contributed by atoms with E-state index in [1.165, 1.54) is 11.1 Å². The smallest absolute Gasteiger partial charge is 0.256 e. The Labute approximate surface area is 163 Å². The van der Waals surface area contributed by atoms with Crippen LogP contribution in [0.25, 0.3) is 5.69 Å². The van der Waals surface area contributed by atoms with Crippen LogP contribution in [0.1, 0.15) is 42.5 Å². The van der Waals surface area contributed by atoms with Crippen molar-refractivity contribution in [3.8, 4) is 5.69 Å². The summed E-state index contributed by atoms with van der Waals surface area (Å²) in [5, 5.41) is 21.8.